The summed E-state index contributed by atoms with van der Waals surface area (Å²) in [5, 5.41) is 33.5. The van der Waals surface area contributed by atoms with Crippen LogP contribution < -0.4 is 5.32 Å². The minimum atomic E-state index is -1.07. The quantitative estimate of drug-likeness (QED) is 0.0361. The first kappa shape index (κ1) is 64.1. The summed E-state index contributed by atoms with van der Waals surface area (Å²) < 4.78 is 0. The Hall–Kier alpha value is -0.910. The van der Waals surface area contributed by atoms with Gasteiger partial charge in [-0.25, -0.2) is 0 Å². The molecule has 5 nitrogen and oxygen atoms in total. The van der Waals surface area contributed by atoms with Gasteiger partial charge in [-0.1, -0.05) is 315 Å². The number of nitrogens with one attached hydrogen (secondary N) is 1. The molecule has 4 N–H and O–H groups in total. The van der Waals surface area contributed by atoms with Gasteiger partial charge in [-0.05, 0) is 38.5 Å². The molecule has 0 aliphatic heterocycles. The number of rotatable bonds is 56. The molecule has 0 aromatic heterocycles. The molecule has 65 heavy (non-hydrogen) atoms. The van der Waals surface area contributed by atoms with E-state index in [9.17, 15) is 20.1 Å². The molecule has 0 aromatic carbocycles. The first-order valence-electron chi connectivity index (χ1n) is 30.0. The third-order valence-corrected chi connectivity index (χ3v) is 14.4. The first-order valence-corrected chi connectivity index (χ1v) is 30.0. The van der Waals surface area contributed by atoms with E-state index < -0.39 is 24.2 Å². The van der Waals surface area contributed by atoms with Crippen LogP contribution in [0.2, 0.25) is 0 Å². The van der Waals surface area contributed by atoms with Gasteiger partial charge in [0.1, 0.15) is 6.10 Å². The van der Waals surface area contributed by atoms with Crippen LogP contribution in [0.4, 0.5) is 0 Å². The van der Waals surface area contributed by atoms with E-state index in [-0.39, 0.29) is 6.61 Å². The third kappa shape index (κ3) is 50.8. The number of allylic oxidation sites excluding steroid dienone is 2. The van der Waals surface area contributed by atoms with Crippen molar-refractivity contribution in [2.75, 3.05) is 6.61 Å². The highest BCUT2D eigenvalue weighted by Crippen LogP contribution is 2.18. The van der Waals surface area contributed by atoms with Crippen molar-refractivity contribution in [1.29, 1.82) is 0 Å². The molecule has 3 unspecified atom stereocenters. The number of aliphatic hydroxyl groups is 3. The average Bonchev–Trinajstić information content (AvgIpc) is 3.31. The van der Waals surface area contributed by atoms with Crippen molar-refractivity contribution in [3.63, 3.8) is 0 Å². The van der Waals surface area contributed by atoms with Crippen molar-refractivity contribution >= 4 is 5.91 Å². The van der Waals surface area contributed by atoms with Gasteiger partial charge in [-0.3, -0.25) is 4.79 Å². The highest BCUT2D eigenvalue weighted by molar-refractivity contribution is 5.80. The molecule has 0 heterocycles. The highest BCUT2D eigenvalue weighted by atomic mass is 16.3. The monoisotopic (exact) mass is 918 g/mol. The van der Waals surface area contributed by atoms with Gasteiger partial charge in [0.15, 0.2) is 0 Å². The molecule has 388 valence electrons. The number of hydrogen-bond acceptors (Lipinski definition) is 4. The summed E-state index contributed by atoms with van der Waals surface area (Å²) in [5.41, 5.74) is 0. The highest BCUT2D eigenvalue weighted by Gasteiger charge is 2.23. The van der Waals surface area contributed by atoms with Crippen LogP contribution in [0.3, 0.4) is 0 Å². The van der Waals surface area contributed by atoms with Crippen LogP contribution in [0, 0.1) is 0 Å². The Labute approximate surface area is 408 Å². The summed E-state index contributed by atoms with van der Waals surface area (Å²) in [6.45, 7) is 4.27. The van der Waals surface area contributed by atoms with E-state index in [2.05, 4.69) is 31.3 Å². The maximum Gasteiger partial charge on any atom is 0.249 e. The van der Waals surface area contributed by atoms with Crippen LogP contribution in [0.1, 0.15) is 341 Å². The molecule has 0 saturated heterocycles. The summed E-state index contributed by atoms with van der Waals surface area (Å²) in [6, 6.07) is -0.709. The van der Waals surface area contributed by atoms with E-state index in [1.165, 1.54) is 283 Å². The summed E-state index contributed by atoms with van der Waals surface area (Å²) in [5.74, 6) is -0.464. The molecule has 0 spiro atoms. The Morgan fingerprint density at radius 1 is 0.354 bits per heavy atom. The number of aliphatic hydroxyl groups excluding tert-OH is 3. The summed E-state index contributed by atoms with van der Waals surface area (Å²) in [6.07, 6.45) is 70.0. The van der Waals surface area contributed by atoms with Crippen LogP contribution in [0.5, 0.6) is 0 Å². The maximum absolute atomic E-state index is 12.6. The molecule has 0 aromatic rings. The molecule has 1 amide bonds. The predicted molar refractivity (Wildman–Crippen MR) is 287 cm³/mol. The van der Waals surface area contributed by atoms with Crippen LogP contribution in [0.15, 0.2) is 12.2 Å². The average molecular weight is 919 g/mol. The standard InChI is InChI=1S/C60H119NO4/c1-3-5-7-9-11-13-15-17-19-20-21-22-23-24-25-26-27-28-29-30-31-32-33-34-35-36-37-38-39-41-43-45-47-49-51-53-55-59(64)60(65)61-57(56-62)58(63)54-52-50-48-46-44-42-40-18-16-14-12-10-8-6-4-2/h28-29,57-59,62-64H,3-27,30-56H2,1-2H3,(H,61,65)/b29-28-. The van der Waals surface area contributed by atoms with E-state index in [0.29, 0.717) is 12.8 Å². The largest absolute Gasteiger partial charge is 0.394 e. The van der Waals surface area contributed by atoms with E-state index in [4.69, 9.17) is 0 Å². The molecule has 3 atom stereocenters. The molecule has 0 aliphatic carbocycles. The lowest BCUT2D eigenvalue weighted by atomic mass is 10.0. The van der Waals surface area contributed by atoms with Crippen molar-refractivity contribution in [2.24, 2.45) is 0 Å². The SMILES string of the molecule is CCCCCCCCCCCCCCCCCC/C=C\CCCCCCCCCCCCCCCCCCC(O)C(=O)NC(CO)C(O)CCCCCCCCCCCCCCCCC. The van der Waals surface area contributed by atoms with Gasteiger partial charge < -0.3 is 20.6 Å². The fraction of sp³-hybridized carbons (Fsp3) is 0.950. The zero-order chi connectivity index (χ0) is 47.2. The fourth-order valence-corrected chi connectivity index (χ4v) is 9.72. The predicted octanol–water partition coefficient (Wildman–Crippen LogP) is 18.7. The Morgan fingerprint density at radius 2 is 0.585 bits per heavy atom. The topological polar surface area (TPSA) is 89.8 Å². The number of hydrogen-bond donors (Lipinski definition) is 4. The Morgan fingerprint density at radius 3 is 0.846 bits per heavy atom. The summed E-state index contributed by atoms with van der Waals surface area (Å²) >= 11 is 0. The number of unbranched alkanes of at least 4 members (excludes halogenated alkanes) is 46. The van der Waals surface area contributed by atoms with Gasteiger partial charge in [0.25, 0.3) is 0 Å². The van der Waals surface area contributed by atoms with Crippen LogP contribution in [-0.2, 0) is 4.79 Å². The second-order valence-electron chi connectivity index (χ2n) is 20.9. The van der Waals surface area contributed by atoms with Gasteiger partial charge >= 0.3 is 0 Å². The van der Waals surface area contributed by atoms with Gasteiger partial charge in [-0.2, -0.15) is 0 Å². The fourth-order valence-electron chi connectivity index (χ4n) is 9.72. The van der Waals surface area contributed by atoms with Gasteiger partial charge in [-0.15, -0.1) is 0 Å². The van der Waals surface area contributed by atoms with Crippen molar-refractivity contribution in [3.8, 4) is 0 Å². The number of amides is 1. The second-order valence-corrected chi connectivity index (χ2v) is 20.9. The molecule has 5 heteroatoms. The lowest BCUT2D eigenvalue weighted by molar-refractivity contribution is -0.131. The molecule has 0 aliphatic rings. The molecule has 0 fully saturated rings. The zero-order valence-corrected chi connectivity index (χ0v) is 44.4. The zero-order valence-electron chi connectivity index (χ0n) is 44.4. The second kappa shape index (κ2) is 55.7. The lowest BCUT2D eigenvalue weighted by Gasteiger charge is -2.23. The van der Waals surface area contributed by atoms with Crippen molar-refractivity contribution in [2.45, 2.75) is 360 Å². The Balaban J connectivity index is 3.44. The van der Waals surface area contributed by atoms with Crippen LogP contribution >= 0.6 is 0 Å². The van der Waals surface area contributed by atoms with Crippen molar-refractivity contribution in [3.05, 3.63) is 12.2 Å². The molecule has 0 saturated carbocycles. The van der Waals surface area contributed by atoms with Gasteiger partial charge in [0, 0.05) is 0 Å². The Bertz CT molecular complexity index is 925. The third-order valence-electron chi connectivity index (χ3n) is 14.4. The van der Waals surface area contributed by atoms with Gasteiger partial charge in [0.05, 0.1) is 18.8 Å². The number of carbonyl (C=O) groups excluding carboxylic acids is 1. The molecular formula is C60H119NO4. The Kier molecular flexibility index (Phi) is 54.9. The molecular weight excluding hydrogens is 799 g/mol. The van der Waals surface area contributed by atoms with E-state index in [0.717, 1.165) is 32.1 Å². The lowest BCUT2D eigenvalue weighted by Crippen LogP contribution is -2.49. The number of carbonyl (C=O) groups is 1. The van der Waals surface area contributed by atoms with E-state index >= 15 is 0 Å². The molecule has 0 radical (unpaired) electrons. The van der Waals surface area contributed by atoms with Crippen molar-refractivity contribution in [1.82, 2.24) is 5.32 Å². The van der Waals surface area contributed by atoms with Crippen LogP contribution in [-0.4, -0.2) is 46.1 Å². The van der Waals surface area contributed by atoms with E-state index in [1.807, 2.05) is 0 Å². The van der Waals surface area contributed by atoms with E-state index in [1.54, 1.807) is 0 Å². The van der Waals surface area contributed by atoms with Crippen molar-refractivity contribution < 1.29 is 20.1 Å². The smallest absolute Gasteiger partial charge is 0.249 e. The minimum Gasteiger partial charge on any atom is -0.394 e. The van der Waals surface area contributed by atoms with Crippen LogP contribution in [0.25, 0.3) is 0 Å². The minimum absolute atomic E-state index is 0.309. The first-order chi connectivity index (χ1) is 32.1. The maximum atomic E-state index is 12.6. The summed E-state index contributed by atoms with van der Waals surface area (Å²) in [7, 11) is 0. The normalized spacial score (nSPS) is 13.2. The molecule has 0 rings (SSSR count). The van der Waals surface area contributed by atoms with Gasteiger partial charge in [0.2, 0.25) is 5.91 Å². The molecule has 0 bridgehead atoms. The summed E-state index contributed by atoms with van der Waals surface area (Å²) in [4.78, 5) is 12.6.